The fourth-order valence-corrected chi connectivity index (χ4v) is 4.80. The minimum atomic E-state index is -3.10. The summed E-state index contributed by atoms with van der Waals surface area (Å²) in [5.41, 5.74) is 0.438. The lowest BCUT2D eigenvalue weighted by atomic mass is 10.1. The average Bonchev–Trinajstić information content (AvgIpc) is 3.27. The Bertz CT molecular complexity index is 1020. The van der Waals surface area contributed by atoms with Crippen molar-refractivity contribution >= 4 is 33.2 Å². The van der Waals surface area contributed by atoms with E-state index in [0.717, 1.165) is 6.42 Å². The Hall–Kier alpha value is -2.88. The lowest BCUT2D eigenvalue weighted by Crippen LogP contribution is -2.30. The smallest absolute Gasteiger partial charge is 0.315 e. The van der Waals surface area contributed by atoms with Crippen LogP contribution in [0.25, 0.3) is 0 Å². The van der Waals surface area contributed by atoms with Gasteiger partial charge in [-0.15, -0.1) is 0 Å². The van der Waals surface area contributed by atoms with E-state index >= 15 is 0 Å². The van der Waals surface area contributed by atoms with Crippen LogP contribution in [0.5, 0.6) is 5.75 Å². The van der Waals surface area contributed by atoms with E-state index in [9.17, 15) is 18.0 Å². The van der Waals surface area contributed by atoms with Crippen LogP contribution in [0.15, 0.2) is 36.5 Å². The number of nitrogens with zero attached hydrogens (tertiary/aromatic N) is 2. The van der Waals surface area contributed by atoms with Crippen molar-refractivity contribution in [2.24, 2.45) is 5.92 Å². The van der Waals surface area contributed by atoms with E-state index in [0.29, 0.717) is 30.4 Å². The van der Waals surface area contributed by atoms with Crippen molar-refractivity contribution in [1.29, 1.82) is 0 Å². The maximum absolute atomic E-state index is 12.3. The van der Waals surface area contributed by atoms with Crippen LogP contribution in [-0.4, -0.2) is 48.1 Å². The number of hydrogen-bond acceptors (Lipinski definition) is 6. The van der Waals surface area contributed by atoms with Gasteiger partial charge in [0.05, 0.1) is 30.4 Å². The molecule has 1 atom stereocenters. The molecule has 9 nitrogen and oxygen atoms in total. The molecule has 2 amide bonds. The molecule has 30 heavy (non-hydrogen) atoms. The van der Waals surface area contributed by atoms with Gasteiger partial charge in [-0.2, -0.15) is 5.10 Å². The van der Waals surface area contributed by atoms with Crippen LogP contribution in [0, 0.1) is 5.92 Å². The molecule has 2 heterocycles. The maximum Gasteiger partial charge on any atom is 0.315 e. The maximum atomic E-state index is 12.3. The van der Waals surface area contributed by atoms with Gasteiger partial charge in [-0.1, -0.05) is 19.9 Å². The number of nitrogens with one attached hydrogen (secondary N) is 2. The topological polar surface area (TPSA) is 119 Å². The first-order chi connectivity index (χ1) is 14.2. The number of hydrogen-bond donors (Lipinski definition) is 2. The molecule has 0 bridgehead atoms. The molecule has 3 rings (SSSR count). The van der Waals surface area contributed by atoms with E-state index < -0.39 is 21.7 Å². The second-order valence-corrected chi connectivity index (χ2v) is 9.91. The summed E-state index contributed by atoms with van der Waals surface area (Å²) in [6, 6.07) is 7.99. The third-order valence-corrected chi connectivity index (χ3v) is 6.48. The molecule has 0 unspecified atom stereocenters. The average molecular weight is 435 g/mol. The second-order valence-electron chi connectivity index (χ2n) is 7.68. The highest BCUT2D eigenvalue weighted by molar-refractivity contribution is 7.91. The fourth-order valence-electron chi connectivity index (χ4n) is 3.11. The van der Waals surface area contributed by atoms with Crippen LogP contribution in [-0.2, 0) is 19.4 Å². The summed E-state index contributed by atoms with van der Waals surface area (Å²) in [4.78, 5) is 24.6. The number of rotatable bonds is 7. The first-order valence-electron chi connectivity index (χ1n) is 9.82. The summed E-state index contributed by atoms with van der Waals surface area (Å²) in [7, 11) is -3.10. The Morgan fingerprint density at radius 2 is 2.00 bits per heavy atom. The molecule has 0 radical (unpaired) electrons. The molecule has 10 heteroatoms. The molecule has 1 aromatic carbocycles. The summed E-state index contributed by atoms with van der Waals surface area (Å²) < 4.78 is 30.5. The van der Waals surface area contributed by atoms with Crippen molar-refractivity contribution in [1.82, 2.24) is 9.78 Å². The van der Waals surface area contributed by atoms with Crippen molar-refractivity contribution in [3.05, 3.63) is 36.5 Å². The predicted molar refractivity (Wildman–Crippen MR) is 113 cm³/mol. The minimum absolute atomic E-state index is 0.0344. The molecule has 1 fully saturated rings. The van der Waals surface area contributed by atoms with E-state index in [2.05, 4.69) is 29.6 Å². The Balaban J connectivity index is 1.59. The Labute approximate surface area is 175 Å². The largest absolute Gasteiger partial charge is 0.494 e. The Morgan fingerprint density at radius 3 is 2.70 bits per heavy atom. The molecular formula is C20H26N4O5S. The molecule has 0 saturated carbocycles. The number of carbonyl (C=O) groups is 2. The van der Waals surface area contributed by atoms with Crippen molar-refractivity contribution in [2.75, 3.05) is 28.7 Å². The normalized spacial score (nSPS) is 17.6. The zero-order chi connectivity index (χ0) is 21.7. The number of sulfone groups is 1. The predicted octanol–water partition coefficient (Wildman–Crippen LogP) is 2.24. The van der Waals surface area contributed by atoms with Crippen molar-refractivity contribution in [2.45, 2.75) is 32.7 Å². The first-order valence-corrected chi connectivity index (χ1v) is 11.6. The van der Waals surface area contributed by atoms with Gasteiger partial charge in [0.15, 0.2) is 9.84 Å². The highest BCUT2D eigenvalue weighted by Crippen LogP contribution is 2.26. The highest BCUT2D eigenvalue weighted by atomic mass is 32.2. The van der Waals surface area contributed by atoms with Crippen molar-refractivity contribution < 1.29 is 22.7 Å². The van der Waals surface area contributed by atoms with Gasteiger partial charge in [-0.3, -0.25) is 9.59 Å². The van der Waals surface area contributed by atoms with Gasteiger partial charge in [0.1, 0.15) is 11.6 Å². The fraction of sp³-hybridized carbons (Fsp3) is 0.450. The summed E-state index contributed by atoms with van der Waals surface area (Å²) in [5, 5.41) is 9.14. The van der Waals surface area contributed by atoms with Gasteiger partial charge in [0, 0.05) is 17.8 Å². The van der Waals surface area contributed by atoms with Crippen LogP contribution in [0.2, 0.25) is 0 Å². The van der Waals surface area contributed by atoms with Crippen LogP contribution < -0.4 is 15.4 Å². The van der Waals surface area contributed by atoms with Crippen molar-refractivity contribution in [3.63, 3.8) is 0 Å². The van der Waals surface area contributed by atoms with Crippen LogP contribution in [0.4, 0.5) is 11.5 Å². The third kappa shape index (κ3) is 5.82. The quantitative estimate of drug-likeness (QED) is 0.645. The van der Waals surface area contributed by atoms with Gasteiger partial charge in [0.2, 0.25) is 0 Å². The monoisotopic (exact) mass is 434 g/mol. The minimum Gasteiger partial charge on any atom is -0.494 e. The number of carbonyl (C=O) groups excluding carboxylic acids is 2. The van der Waals surface area contributed by atoms with Crippen LogP contribution in [0.3, 0.4) is 0 Å². The number of ether oxygens (including phenoxy) is 1. The van der Waals surface area contributed by atoms with E-state index in [4.69, 9.17) is 4.74 Å². The van der Waals surface area contributed by atoms with E-state index in [1.807, 2.05) is 0 Å². The Kier molecular flexibility index (Phi) is 6.76. The van der Waals surface area contributed by atoms with Gasteiger partial charge in [-0.25, -0.2) is 13.1 Å². The molecule has 2 aromatic rings. The number of amides is 2. The molecule has 1 saturated heterocycles. The van der Waals surface area contributed by atoms with E-state index in [1.54, 1.807) is 24.3 Å². The van der Waals surface area contributed by atoms with E-state index in [1.165, 1.54) is 16.9 Å². The zero-order valence-corrected chi connectivity index (χ0v) is 17.8. The molecular weight excluding hydrogens is 408 g/mol. The first kappa shape index (κ1) is 21.8. The molecule has 162 valence electrons. The summed E-state index contributed by atoms with van der Waals surface area (Å²) in [5.74, 6) is -0.259. The number of aromatic nitrogens is 2. The molecule has 2 N–H and O–H groups in total. The van der Waals surface area contributed by atoms with Gasteiger partial charge in [0.25, 0.3) is 0 Å². The standard InChI is InChI=1S/C20H26N4O5S/c1-14(2)7-10-29-17-5-3-4-15(12-17)22-19(25)20(26)23-18-6-9-21-24(18)16-8-11-30(27,28)13-16/h3-6,9,12,14,16H,7-8,10-11,13H2,1-2H3,(H,22,25)(H,23,26)/t16-/m0/s1. The molecule has 1 aliphatic rings. The summed E-state index contributed by atoms with van der Waals surface area (Å²) in [6.07, 6.45) is 2.79. The molecule has 1 aromatic heterocycles. The lowest BCUT2D eigenvalue weighted by molar-refractivity contribution is -0.133. The molecule has 0 aliphatic carbocycles. The highest BCUT2D eigenvalue weighted by Gasteiger charge is 2.31. The SMILES string of the molecule is CC(C)CCOc1cccc(NC(=O)C(=O)Nc2ccnn2[C@H]2CCS(=O)(=O)C2)c1. The summed E-state index contributed by atoms with van der Waals surface area (Å²) >= 11 is 0. The van der Waals surface area contributed by atoms with Gasteiger partial charge >= 0.3 is 11.8 Å². The molecule has 1 aliphatic heterocycles. The van der Waals surface area contributed by atoms with Crippen LogP contribution in [0.1, 0.15) is 32.7 Å². The lowest BCUT2D eigenvalue weighted by Gasteiger charge is -2.14. The summed E-state index contributed by atoms with van der Waals surface area (Å²) in [6.45, 7) is 4.78. The van der Waals surface area contributed by atoms with Gasteiger partial charge < -0.3 is 15.4 Å². The zero-order valence-electron chi connectivity index (χ0n) is 17.0. The van der Waals surface area contributed by atoms with E-state index in [-0.39, 0.29) is 23.4 Å². The van der Waals surface area contributed by atoms with Crippen LogP contribution >= 0.6 is 0 Å². The third-order valence-electron chi connectivity index (χ3n) is 4.73. The van der Waals surface area contributed by atoms with Crippen molar-refractivity contribution in [3.8, 4) is 5.75 Å². The second kappa shape index (κ2) is 9.29. The molecule has 0 spiro atoms. The Morgan fingerprint density at radius 1 is 1.23 bits per heavy atom. The van der Waals surface area contributed by atoms with Gasteiger partial charge in [-0.05, 0) is 30.9 Å². The number of benzene rings is 1. The number of anilines is 2.